The monoisotopic (exact) mass is 490 g/mol. The number of carbonyl (C=O) groups is 1. The SMILES string of the molecule is CO.O=C1CN(Cc2ccc(F)cc2)CC2=CC=CC=C(C2)N1CC1CCN(c2ccncc2)CC1. The number of rotatable bonds is 5. The molecule has 2 fully saturated rings. The van der Waals surface area contributed by atoms with Gasteiger partial charge in [0, 0.05) is 70.0 Å². The molecule has 5 rings (SSSR count). The molecule has 3 aliphatic rings. The van der Waals surface area contributed by atoms with Crippen molar-refractivity contribution in [3.05, 3.63) is 95.7 Å². The molecule has 1 N–H and O–H groups in total. The minimum absolute atomic E-state index is 0.152. The van der Waals surface area contributed by atoms with Gasteiger partial charge in [-0.3, -0.25) is 14.7 Å². The molecule has 1 aromatic carbocycles. The highest BCUT2D eigenvalue weighted by Gasteiger charge is 2.29. The second-order valence-corrected chi connectivity index (χ2v) is 9.46. The largest absolute Gasteiger partial charge is 0.400 e. The minimum atomic E-state index is -0.236. The lowest BCUT2D eigenvalue weighted by Crippen LogP contribution is -2.46. The number of hydrogen-bond donors (Lipinski definition) is 1. The summed E-state index contributed by atoms with van der Waals surface area (Å²) in [6, 6.07) is 10.7. The number of aromatic nitrogens is 1. The van der Waals surface area contributed by atoms with Crippen molar-refractivity contribution in [2.24, 2.45) is 5.92 Å². The molecule has 0 radical (unpaired) electrons. The number of benzene rings is 1. The van der Waals surface area contributed by atoms with Crippen LogP contribution in [-0.4, -0.2) is 65.6 Å². The number of fused-ring (bicyclic) bond motifs is 2. The number of carbonyl (C=O) groups excluding carboxylic acids is 1. The highest BCUT2D eigenvalue weighted by molar-refractivity contribution is 5.80. The zero-order valence-electron chi connectivity index (χ0n) is 20.9. The number of aliphatic hydroxyl groups is 1. The lowest BCUT2D eigenvalue weighted by atomic mass is 9.94. The first kappa shape index (κ1) is 25.8. The molecule has 0 saturated carbocycles. The van der Waals surface area contributed by atoms with Crippen molar-refractivity contribution in [3.63, 3.8) is 0 Å². The normalized spacial score (nSPS) is 18.9. The molecule has 2 aromatic rings. The summed E-state index contributed by atoms with van der Waals surface area (Å²) in [6.45, 7) is 4.49. The molecule has 1 aliphatic carbocycles. The van der Waals surface area contributed by atoms with Gasteiger partial charge in [-0.05, 0) is 54.7 Å². The fourth-order valence-corrected chi connectivity index (χ4v) is 5.15. The molecule has 0 atom stereocenters. The van der Waals surface area contributed by atoms with Crippen molar-refractivity contribution in [1.29, 1.82) is 0 Å². The van der Waals surface area contributed by atoms with E-state index in [2.05, 4.69) is 45.1 Å². The molecule has 1 amide bonds. The van der Waals surface area contributed by atoms with Crippen LogP contribution < -0.4 is 4.90 Å². The van der Waals surface area contributed by atoms with Crippen LogP contribution in [0.3, 0.4) is 0 Å². The van der Waals surface area contributed by atoms with Crippen LogP contribution in [0.2, 0.25) is 0 Å². The molecule has 7 heteroatoms. The van der Waals surface area contributed by atoms with E-state index >= 15 is 0 Å². The van der Waals surface area contributed by atoms with Gasteiger partial charge in [0.25, 0.3) is 0 Å². The number of nitrogens with zero attached hydrogens (tertiary/aromatic N) is 4. The zero-order valence-corrected chi connectivity index (χ0v) is 20.9. The molecule has 1 aromatic heterocycles. The van der Waals surface area contributed by atoms with Crippen molar-refractivity contribution in [2.45, 2.75) is 25.8 Å². The highest BCUT2D eigenvalue weighted by Crippen LogP contribution is 2.28. The van der Waals surface area contributed by atoms with E-state index in [0.29, 0.717) is 19.0 Å². The Kier molecular flexibility index (Phi) is 9.03. The van der Waals surface area contributed by atoms with E-state index in [0.717, 1.165) is 63.8 Å². The van der Waals surface area contributed by atoms with Crippen molar-refractivity contribution < 1.29 is 14.3 Å². The van der Waals surface area contributed by atoms with Crippen molar-refractivity contribution in [1.82, 2.24) is 14.8 Å². The maximum atomic E-state index is 13.5. The summed E-state index contributed by atoms with van der Waals surface area (Å²) in [4.78, 5) is 24.3. The molecular weight excluding hydrogens is 455 g/mol. The highest BCUT2D eigenvalue weighted by atomic mass is 19.1. The Morgan fingerprint density at radius 2 is 1.67 bits per heavy atom. The van der Waals surface area contributed by atoms with Gasteiger partial charge in [0.1, 0.15) is 5.82 Å². The van der Waals surface area contributed by atoms with Crippen LogP contribution in [0.4, 0.5) is 10.1 Å². The summed E-state index contributed by atoms with van der Waals surface area (Å²) < 4.78 is 13.3. The van der Waals surface area contributed by atoms with Gasteiger partial charge >= 0.3 is 0 Å². The standard InChI is InChI=1S/C28H31FN4O.CH4O/c29-25-7-5-22(6-8-25)18-31-19-24-3-1-2-4-27(17-24)33(28(34)21-31)20-23-11-15-32(16-12-23)26-9-13-30-14-10-26;1-2/h1-10,13-14,23H,11-12,15-21H2;2H,1H3. The Hall–Kier alpha value is -3.29. The summed E-state index contributed by atoms with van der Waals surface area (Å²) in [5, 5.41) is 7.00. The van der Waals surface area contributed by atoms with E-state index in [-0.39, 0.29) is 11.7 Å². The quantitative estimate of drug-likeness (QED) is 0.682. The van der Waals surface area contributed by atoms with Crippen LogP contribution in [0, 0.1) is 11.7 Å². The van der Waals surface area contributed by atoms with E-state index in [4.69, 9.17) is 5.11 Å². The molecule has 6 nitrogen and oxygen atoms in total. The van der Waals surface area contributed by atoms with Gasteiger partial charge in [0.05, 0.1) is 6.54 Å². The molecule has 2 bridgehead atoms. The Balaban J connectivity index is 0.00000148. The maximum absolute atomic E-state index is 13.5. The first-order valence-corrected chi connectivity index (χ1v) is 12.6. The third-order valence-electron chi connectivity index (χ3n) is 6.98. The summed E-state index contributed by atoms with van der Waals surface area (Å²) in [7, 11) is 1.00. The summed E-state index contributed by atoms with van der Waals surface area (Å²) in [5.41, 5.74) is 4.64. The number of allylic oxidation sites excluding steroid dienone is 5. The number of amides is 1. The fraction of sp³-hybridized carbons (Fsp3) is 0.379. The Labute approximate surface area is 213 Å². The average Bonchev–Trinajstić information content (AvgIpc) is 3.16. The van der Waals surface area contributed by atoms with Gasteiger partial charge in [-0.15, -0.1) is 0 Å². The van der Waals surface area contributed by atoms with Crippen LogP contribution in [-0.2, 0) is 11.3 Å². The van der Waals surface area contributed by atoms with E-state index in [1.807, 2.05) is 23.4 Å². The van der Waals surface area contributed by atoms with E-state index < -0.39 is 0 Å². The van der Waals surface area contributed by atoms with E-state index in [9.17, 15) is 9.18 Å². The third kappa shape index (κ3) is 6.68. The Morgan fingerprint density at radius 3 is 2.39 bits per heavy atom. The first-order chi connectivity index (χ1) is 17.6. The van der Waals surface area contributed by atoms with Crippen molar-refractivity contribution >= 4 is 11.6 Å². The van der Waals surface area contributed by atoms with Crippen LogP contribution in [0.5, 0.6) is 0 Å². The molecule has 0 unspecified atom stereocenters. The fourth-order valence-electron chi connectivity index (χ4n) is 5.15. The molecule has 190 valence electrons. The van der Waals surface area contributed by atoms with E-state index in [1.165, 1.54) is 23.4 Å². The van der Waals surface area contributed by atoms with Gasteiger partial charge in [-0.25, -0.2) is 4.39 Å². The van der Waals surface area contributed by atoms with Gasteiger partial charge in [0.15, 0.2) is 0 Å². The summed E-state index contributed by atoms with van der Waals surface area (Å²) in [6.07, 6.45) is 15.0. The molecular formula is C29H35FN4O2. The van der Waals surface area contributed by atoms with Gasteiger partial charge in [0.2, 0.25) is 5.91 Å². The number of aliphatic hydroxyl groups excluding tert-OH is 1. The average molecular weight is 491 g/mol. The van der Waals surface area contributed by atoms with Crippen LogP contribution in [0.15, 0.2) is 84.4 Å². The van der Waals surface area contributed by atoms with Gasteiger partial charge in [-0.1, -0.05) is 35.9 Å². The number of anilines is 1. The Morgan fingerprint density at radius 1 is 0.972 bits per heavy atom. The molecule has 3 heterocycles. The second kappa shape index (κ2) is 12.6. The second-order valence-electron chi connectivity index (χ2n) is 9.46. The molecule has 2 saturated heterocycles. The summed E-state index contributed by atoms with van der Waals surface area (Å²) >= 11 is 0. The Bertz CT molecular complexity index is 1090. The van der Waals surface area contributed by atoms with Gasteiger partial charge < -0.3 is 14.9 Å². The van der Waals surface area contributed by atoms with Crippen LogP contribution in [0.1, 0.15) is 24.8 Å². The predicted molar refractivity (Wildman–Crippen MR) is 141 cm³/mol. The maximum Gasteiger partial charge on any atom is 0.240 e. The summed E-state index contributed by atoms with van der Waals surface area (Å²) in [5.74, 6) is 0.395. The number of piperidine rings is 1. The number of hydrogen-bond acceptors (Lipinski definition) is 5. The molecule has 36 heavy (non-hydrogen) atoms. The lowest BCUT2D eigenvalue weighted by Gasteiger charge is -2.38. The number of halogens is 1. The topological polar surface area (TPSA) is 59.9 Å². The van der Waals surface area contributed by atoms with Crippen LogP contribution in [0.25, 0.3) is 0 Å². The smallest absolute Gasteiger partial charge is 0.240 e. The molecule has 0 spiro atoms. The van der Waals surface area contributed by atoms with Crippen LogP contribution >= 0.6 is 0 Å². The zero-order chi connectivity index (χ0) is 25.3. The number of pyridine rings is 1. The van der Waals surface area contributed by atoms with E-state index in [1.54, 1.807) is 12.1 Å². The van der Waals surface area contributed by atoms with Crippen molar-refractivity contribution in [3.8, 4) is 0 Å². The predicted octanol–water partition coefficient (Wildman–Crippen LogP) is 4.16. The van der Waals surface area contributed by atoms with Gasteiger partial charge in [-0.2, -0.15) is 0 Å². The lowest BCUT2D eigenvalue weighted by molar-refractivity contribution is -0.131. The van der Waals surface area contributed by atoms with Crippen molar-refractivity contribution in [2.75, 3.05) is 44.7 Å². The molecule has 2 aliphatic heterocycles. The third-order valence-corrected chi connectivity index (χ3v) is 6.98. The minimum Gasteiger partial charge on any atom is -0.400 e. The first-order valence-electron chi connectivity index (χ1n) is 12.6.